The van der Waals surface area contributed by atoms with Crippen LogP contribution in [0.5, 0.6) is 0 Å². The third-order valence-electron chi connectivity index (χ3n) is 6.30. The SMILES string of the molecule is COCCCN1C(=O)c2ccc(C(=O)OC(C)C(=O)N3c4ccccc4NC(=O)C3(C)C)cc2C1=O. The molecule has 10 heteroatoms. The summed E-state index contributed by atoms with van der Waals surface area (Å²) in [6, 6.07) is 11.0. The van der Waals surface area contributed by atoms with Crippen LogP contribution >= 0.6 is 0 Å². The molecule has 4 amide bonds. The summed E-state index contributed by atoms with van der Waals surface area (Å²) in [5, 5.41) is 2.78. The lowest BCUT2D eigenvalue weighted by Crippen LogP contribution is -2.60. The number of para-hydroxylation sites is 2. The minimum absolute atomic E-state index is 0.0318. The van der Waals surface area contributed by atoms with E-state index in [1.54, 1.807) is 38.1 Å². The first-order valence-corrected chi connectivity index (χ1v) is 11.5. The van der Waals surface area contributed by atoms with E-state index in [9.17, 15) is 24.0 Å². The van der Waals surface area contributed by atoms with Crippen LogP contribution in [0.15, 0.2) is 42.5 Å². The monoisotopic (exact) mass is 493 g/mol. The summed E-state index contributed by atoms with van der Waals surface area (Å²) < 4.78 is 10.4. The molecule has 0 radical (unpaired) electrons. The lowest BCUT2D eigenvalue weighted by Gasteiger charge is -2.42. The molecule has 0 saturated heterocycles. The second-order valence-electron chi connectivity index (χ2n) is 9.12. The molecule has 0 bridgehead atoms. The fourth-order valence-corrected chi connectivity index (χ4v) is 4.30. The van der Waals surface area contributed by atoms with Crippen LogP contribution in [0.25, 0.3) is 0 Å². The number of ether oxygens (including phenoxy) is 2. The maximum absolute atomic E-state index is 13.4. The van der Waals surface area contributed by atoms with Gasteiger partial charge in [0, 0.05) is 20.3 Å². The van der Waals surface area contributed by atoms with Crippen molar-refractivity contribution >= 4 is 41.0 Å². The molecule has 36 heavy (non-hydrogen) atoms. The Hall–Kier alpha value is -4.05. The van der Waals surface area contributed by atoms with Gasteiger partial charge in [-0.25, -0.2) is 4.79 Å². The maximum Gasteiger partial charge on any atom is 0.338 e. The summed E-state index contributed by atoms with van der Waals surface area (Å²) in [5.41, 5.74) is 0.0862. The summed E-state index contributed by atoms with van der Waals surface area (Å²) in [6.07, 6.45) is -0.739. The summed E-state index contributed by atoms with van der Waals surface area (Å²) in [5.74, 6) is -2.71. The zero-order valence-electron chi connectivity index (χ0n) is 20.5. The van der Waals surface area contributed by atoms with Crippen molar-refractivity contribution < 1.29 is 33.4 Å². The van der Waals surface area contributed by atoms with Crippen LogP contribution in [0.4, 0.5) is 11.4 Å². The van der Waals surface area contributed by atoms with Gasteiger partial charge in [0.25, 0.3) is 17.7 Å². The number of nitrogens with zero attached hydrogens (tertiary/aromatic N) is 2. The van der Waals surface area contributed by atoms with E-state index in [-0.39, 0.29) is 29.1 Å². The van der Waals surface area contributed by atoms with E-state index in [1.165, 1.54) is 37.1 Å². The number of nitrogens with one attached hydrogen (secondary N) is 1. The zero-order chi connectivity index (χ0) is 26.2. The van der Waals surface area contributed by atoms with Crippen molar-refractivity contribution in [1.29, 1.82) is 0 Å². The number of anilines is 2. The van der Waals surface area contributed by atoms with E-state index in [4.69, 9.17) is 9.47 Å². The van der Waals surface area contributed by atoms with Crippen LogP contribution in [-0.4, -0.2) is 66.4 Å². The summed E-state index contributed by atoms with van der Waals surface area (Å²) in [4.78, 5) is 66.7. The van der Waals surface area contributed by atoms with Crippen molar-refractivity contribution in [1.82, 2.24) is 4.90 Å². The van der Waals surface area contributed by atoms with Gasteiger partial charge in [0.05, 0.1) is 28.1 Å². The number of rotatable bonds is 7. The van der Waals surface area contributed by atoms with Crippen molar-refractivity contribution in [2.45, 2.75) is 38.8 Å². The van der Waals surface area contributed by atoms with E-state index in [2.05, 4.69) is 5.32 Å². The highest BCUT2D eigenvalue weighted by Gasteiger charge is 2.45. The van der Waals surface area contributed by atoms with Gasteiger partial charge >= 0.3 is 5.97 Å². The lowest BCUT2D eigenvalue weighted by molar-refractivity contribution is -0.131. The number of fused-ring (bicyclic) bond motifs is 2. The van der Waals surface area contributed by atoms with Gasteiger partial charge in [0.2, 0.25) is 5.91 Å². The Balaban J connectivity index is 1.52. The van der Waals surface area contributed by atoms with E-state index in [1.807, 2.05) is 0 Å². The fraction of sp³-hybridized carbons (Fsp3) is 0.346. The summed E-state index contributed by atoms with van der Waals surface area (Å²) >= 11 is 0. The van der Waals surface area contributed by atoms with Crippen molar-refractivity contribution in [2.75, 3.05) is 30.5 Å². The van der Waals surface area contributed by atoms with Gasteiger partial charge in [0.1, 0.15) is 5.54 Å². The topological polar surface area (TPSA) is 122 Å². The Bertz CT molecular complexity index is 1270. The van der Waals surface area contributed by atoms with Crippen LogP contribution in [0.2, 0.25) is 0 Å². The van der Waals surface area contributed by atoms with Crippen molar-refractivity contribution in [2.24, 2.45) is 0 Å². The van der Waals surface area contributed by atoms with Gasteiger partial charge in [-0.2, -0.15) is 0 Å². The predicted molar refractivity (Wildman–Crippen MR) is 130 cm³/mol. The third-order valence-corrected chi connectivity index (χ3v) is 6.30. The number of carbonyl (C=O) groups is 5. The molecule has 2 aromatic rings. The highest BCUT2D eigenvalue weighted by molar-refractivity contribution is 6.22. The smallest absolute Gasteiger partial charge is 0.338 e. The first-order chi connectivity index (χ1) is 17.1. The number of benzene rings is 2. The van der Waals surface area contributed by atoms with Crippen LogP contribution < -0.4 is 10.2 Å². The third kappa shape index (κ3) is 4.24. The molecule has 10 nitrogen and oxygen atoms in total. The maximum atomic E-state index is 13.4. The number of hydrogen-bond acceptors (Lipinski definition) is 7. The van der Waals surface area contributed by atoms with Gasteiger partial charge in [-0.15, -0.1) is 0 Å². The van der Waals surface area contributed by atoms with Crippen LogP contribution in [-0.2, 0) is 19.1 Å². The van der Waals surface area contributed by atoms with Gasteiger partial charge < -0.3 is 14.8 Å². The standard InChI is InChI=1S/C26H27N3O7/c1-15(21(30)29-20-9-6-5-8-19(20)27-25(34)26(29,2)3)36-24(33)16-10-11-17-18(14-16)23(32)28(22(17)31)12-7-13-35-4/h5-6,8-11,14-15H,7,12-13H2,1-4H3,(H,27,34). The fourth-order valence-electron chi connectivity index (χ4n) is 4.30. The second kappa shape index (κ2) is 9.54. The molecule has 2 aliphatic heterocycles. The molecular weight excluding hydrogens is 466 g/mol. The number of imide groups is 1. The molecule has 188 valence electrons. The number of esters is 1. The van der Waals surface area contributed by atoms with Crippen molar-refractivity contribution in [3.8, 4) is 0 Å². The average Bonchev–Trinajstić information content (AvgIpc) is 3.08. The Morgan fingerprint density at radius 1 is 1.03 bits per heavy atom. The molecule has 0 saturated carbocycles. The molecule has 1 N–H and O–H groups in total. The number of carbonyl (C=O) groups excluding carboxylic acids is 5. The Morgan fingerprint density at radius 2 is 1.72 bits per heavy atom. The summed E-state index contributed by atoms with van der Waals surface area (Å²) in [6.45, 7) is 5.23. The molecule has 2 aromatic carbocycles. The first kappa shape index (κ1) is 25.1. The van der Waals surface area contributed by atoms with Gasteiger partial charge in [0.15, 0.2) is 6.10 Å². The molecule has 4 rings (SSSR count). The molecule has 1 unspecified atom stereocenters. The highest BCUT2D eigenvalue weighted by atomic mass is 16.5. The van der Waals surface area contributed by atoms with E-state index in [0.29, 0.717) is 24.4 Å². The van der Waals surface area contributed by atoms with Gasteiger partial charge in [-0.1, -0.05) is 12.1 Å². The van der Waals surface area contributed by atoms with Crippen molar-refractivity contribution in [3.63, 3.8) is 0 Å². The second-order valence-corrected chi connectivity index (χ2v) is 9.12. The summed E-state index contributed by atoms with van der Waals surface area (Å²) in [7, 11) is 1.53. The van der Waals surface area contributed by atoms with E-state index >= 15 is 0 Å². The Kier molecular flexibility index (Phi) is 6.64. The van der Waals surface area contributed by atoms with Crippen molar-refractivity contribution in [3.05, 3.63) is 59.2 Å². The van der Waals surface area contributed by atoms with E-state index < -0.39 is 35.3 Å². The minimum atomic E-state index is -1.23. The number of amides is 4. The highest BCUT2D eigenvalue weighted by Crippen LogP contribution is 2.37. The lowest BCUT2D eigenvalue weighted by atomic mass is 9.95. The number of hydrogen-bond donors (Lipinski definition) is 1. The van der Waals surface area contributed by atoms with Gasteiger partial charge in [-0.05, 0) is 57.5 Å². The molecule has 0 spiro atoms. The molecule has 0 fully saturated rings. The Morgan fingerprint density at radius 3 is 2.44 bits per heavy atom. The quantitative estimate of drug-likeness (QED) is 0.357. The predicted octanol–water partition coefficient (Wildman–Crippen LogP) is 2.63. The van der Waals surface area contributed by atoms with E-state index in [0.717, 1.165) is 4.90 Å². The molecule has 0 aliphatic carbocycles. The zero-order valence-corrected chi connectivity index (χ0v) is 20.5. The van der Waals surface area contributed by atoms with Crippen LogP contribution in [0.1, 0.15) is 58.3 Å². The average molecular weight is 494 g/mol. The minimum Gasteiger partial charge on any atom is -0.449 e. The molecule has 0 aromatic heterocycles. The molecule has 2 aliphatic rings. The first-order valence-electron chi connectivity index (χ1n) is 11.5. The largest absolute Gasteiger partial charge is 0.449 e. The molecular formula is C26H27N3O7. The van der Waals surface area contributed by atoms with Crippen LogP contribution in [0.3, 0.4) is 0 Å². The molecule has 2 heterocycles. The Labute approximate surface area is 208 Å². The van der Waals surface area contributed by atoms with Crippen LogP contribution in [0, 0.1) is 0 Å². The molecule has 1 atom stereocenters. The normalized spacial score (nSPS) is 16.8. The van der Waals surface area contributed by atoms with Gasteiger partial charge in [-0.3, -0.25) is 29.0 Å². The number of methoxy groups -OCH3 is 1.